The van der Waals surface area contributed by atoms with Gasteiger partial charge in [-0.25, -0.2) is 0 Å². The summed E-state index contributed by atoms with van der Waals surface area (Å²) in [7, 11) is 0. The molecule has 1 saturated heterocycles. The first-order chi connectivity index (χ1) is 8.10. The van der Waals surface area contributed by atoms with E-state index in [0.717, 1.165) is 25.9 Å². The van der Waals surface area contributed by atoms with E-state index in [1.165, 1.54) is 6.42 Å². The highest BCUT2D eigenvalue weighted by Gasteiger charge is 2.29. The molecule has 0 bridgehead atoms. The number of piperidine rings is 1. The first kappa shape index (κ1) is 13.8. The van der Waals surface area contributed by atoms with Gasteiger partial charge in [0.15, 0.2) is 5.84 Å². The Bertz CT molecular complexity index is 291. The lowest BCUT2D eigenvalue weighted by Gasteiger charge is -2.33. The predicted molar refractivity (Wildman–Crippen MR) is 66.8 cm³/mol. The van der Waals surface area contributed by atoms with Crippen molar-refractivity contribution in [1.82, 2.24) is 4.90 Å². The van der Waals surface area contributed by atoms with Gasteiger partial charge < -0.3 is 15.8 Å². The molecule has 0 radical (unpaired) electrons. The van der Waals surface area contributed by atoms with Crippen molar-refractivity contribution in [2.45, 2.75) is 39.5 Å². The summed E-state index contributed by atoms with van der Waals surface area (Å²) in [4.78, 5) is 14.1. The molecule has 2 atom stereocenters. The number of rotatable bonds is 4. The molecule has 1 fully saturated rings. The lowest BCUT2D eigenvalue weighted by Crippen LogP contribution is -2.46. The van der Waals surface area contributed by atoms with Crippen LogP contribution in [0.25, 0.3) is 0 Å². The van der Waals surface area contributed by atoms with Crippen molar-refractivity contribution >= 4 is 11.7 Å². The molecule has 1 aliphatic heterocycles. The summed E-state index contributed by atoms with van der Waals surface area (Å²) in [6, 6.07) is 0. The van der Waals surface area contributed by atoms with Crippen molar-refractivity contribution in [2.75, 3.05) is 13.1 Å². The summed E-state index contributed by atoms with van der Waals surface area (Å²) in [5.74, 6) is 0.126. The van der Waals surface area contributed by atoms with E-state index >= 15 is 0 Å². The zero-order valence-electron chi connectivity index (χ0n) is 10.7. The fourth-order valence-corrected chi connectivity index (χ4v) is 2.37. The van der Waals surface area contributed by atoms with E-state index in [9.17, 15) is 4.79 Å². The monoisotopic (exact) mass is 241 g/mol. The van der Waals surface area contributed by atoms with E-state index in [-0.39, 0.29) is 11.7 Å². The van der Waals surface area contributed by atoms with E-state index in [1.54, 1.807) is 0 Å². The van der Waals surface area contributed by atoms with Gasteiger partial charge in [-0.3, -0.25) is 4.79 Å². The summed E-state index contributed by atoms with van der Waals surface area (Å²) >= 11 is 0. The number of amides is 1. The molecule has 5 nitrogen and oxygen atoms in total. The summed E-state index contributed by atoms with van der Waals surface area (Å²) in [5.41, 5.74) is 5.60. The zero-order valence-corrected chi connectivity index (χ0v) is 10.7. The highest BCUT2D eigenvalue weighted by atomic mass is 16.4. The summed E-state index contributed by atoms with van der Waals surface area (Å²) in [6.45, 7) is 5.72. The number of nitrogens with two attached hydrogens (primary N) is 1. The van der Waals surface area contributed by atoms with Crippen LogP contribution in [0.3, 0.4) is 0 Å². The number of nitrogens with zero attached hydrogens (tertiary/aromatic N) is 2. The molecule has 1 rings (SSSR count). The van der Waals surface area contributed by atoms with Gasteiger partial charge in [-0.2, -0.15) is 0 Å². The van der Waals surface area contributed by atoms with E-state index < -0.39 is 5.92 Å². The summed E-state index contributed by atoms with van der Waals surface area (Å²) < 4.78 is 0. The van der Waals surface area contributed by atoms with E-state index in [0.29, 0.717) is 12.3 Å². The largest absolute Gasteiger partial charge is 0.409 e. The van der Waals surface area contributed by atoms with Crippen molar-refractivity contribution in [3.05, 3.63) is 0 Å². The quantitative estimate of drug-likeness (QED) is 0.338. The fourth-order valence-electron chi connectivity index (χ4n) is 2.37. The lowest BCUT2D eigenvalue weighted by molar-refractivity contribution is -0.135. The van der Waals surface area contributed by atoms with Crippen LogP contribution in [0.4, 0.5) is 0 Å². The molecule has 0 aromatic carbocycles. The van der Waals surface area contributed by atoms with Gasteiger partial charge in [0.2, 0.25) is 5.91 Å². The zero-order chi connectivity index (χ0) is 12.8. The minimum Gasteiger partial charge on any atom is -0.409 e. The van der Waals surface area contributed by atoms with Crippen LogP contribution in [0.15, 0.2) is 5.16 Å². The highest BCUT2D eigenvalue weighted by molar-refractivity contribution is 6.02. The smallest absolute Gasteiger partial charge is 0.233 e. The van der Waals surface area contributed by atoms with Gasteiger partial charge >= 0.3 is 0 Å². The van der Waals surface area contributed by atoms with Crippen LogP contribution in [-0.4, -0.2) is 34.9 Å². The average molecular weight is 241 g/mol. The van der Waals surface area contributed by atoms with Gasteiger partial charge in [0.1, 0.15) is 0 Å². The van der Waals surface area contributed by atoms with Crippen LogP contribution in [-0.2, 0) is 4.79 Å². The standard InChI is InChI=1S/C12H23N3O2/c1-3-5-10(11(13)14-17)12(16)15-7-4-6-9(2)8-15/h9-10,17H,3-8H2,1-2H3,(H2,13,14). The van der Waals surface area contributed by atoms with E-state index in [1.807, 2.05) is 11.8 Å². The van der Waals surface area contributed by atoms with Gasteiger partial charge in [0, 0.05) is 13.1 Å². The maximum absolute atomic E-state index is 12.3. The minimum absolute atomic E-state index is 0.00806. The number of carbonyl (C=O) groups excluding carboxylic acids is 1. The van der Waals surface area contributed by atoms with Crippen LogP contribution in [0.1, 0.15) is 39.5 Å². The Balaban J connectivity index is 2.69. The maximum Gasteiger partial charge on any atom is 0.233 e. The third kappa shape index (κ3) is 3.61. The van der Waals surface area contributed by atoms with Gasteiger partial charge in [0.25, 0.3) is 0 Å². The Labute approximate surface area is 103 Å². The van der Waals surface area contributed by atoms with Crippen molar-refractivity contribution in [3.8, 4) is 0 Å². The molecular formula is C12H23N3O2. The molecule has 0 aliphatic carbocycles. The van der Waals surface area contributed by atoms with Crippen LogP contribution in [0.5, 0.6) is 0 Å². The third-order valence-electron chi connectivity index (χ3n) is 3.32. The highest BCUT2D eigenvalue weighted by Crippen LogP contribution is 2.19. The molecule has 0 saturated carbocycles. The molecule has 0 aromatic rings. The molecule has 0 aromatic heterocycles. The lowest BCUT2D eigenvalue weighted by atomic mass is 9.96. The average Bonchev–Trinajstić information content (AvgIpc) is 2.34. The molecule has 5 heteroatoms. The van der Waals surface area contributed by atoms with Crippen LogP contribution >= 0.6 is 0 Å². The topological polar surface area (TPSA) is 78.9 Å². The van der Waals surface area contributed by atoms with Crippen molar-refractivity contribution in [1.29, 1.82) is 0 Å². The number of oxime groups is 1. The van der Waals surface area contributed by atoms with E-state index in [4.69, 9.17) is 10.9 Å². The molecule has 2 unspecified atom stereocenters. The van der Waals surface area contributed by atoms with Crippen LogP contribution < -0.4 is 5.73 Å². The normalized spacial score (nSPS) is 23.5. The predicted octanol–water partition coefficient (Wildman–Crippen LogP) is 1.41. The molecule has 0 spiro atoms. The van der Waals surface area contributed by atoms with Gasteiger partial charge in [-0.15, -0.1) is 0 Å². The number of hydrogen-bond donors (Lipinski definition) is 2. The van der Waals surface area contributed by atoms with Gasteiger partial charge in [-0.1, -0.05) is 25.4 Å². The minimum atomic E-state index is -0.463. The molecule has 1 aliphatic rings. The third-order valence-corrected chi connectivity index (χ3v) is 3.32. The number of carbonyl (C=O) groups is 1. The van der Waals surface area contributed by atoms with Crippen LogP contribution in [0, 0.1) is 11.8 Å². The second-order valence-corrected chi connectivity index (χ2v) is 4.90. The Hall–Kier alpha value is -1.26. The Morgan fingerprint density at radius 2 is 2.35 bits per heavy atom. The molecule has 17 heavy (non-hydrogen) atoms. The summed E-state index contributed by atoms with van der Waals surface area (Å²) in [5, 5.41) is 11.7. The Morgan fingerprint density at radius 3 is 2.88 bits per heavy atom. The molecule has 1 heterocycles. The van der Waals surface area contributed by atoms with Crippen molar-refractivity contribution in [3.63, 3.8) is 0 Å². The Kier molecular flexibility index (Phi) is 5.25. The summed E-state index contributed by atoms with van der Waals surface area (Å²) in [6.07, 6.45) is 3.70. The molecular weight excluding hydrogens is 218 g/mol. The second-order valence-electron chi connectivity index (χ2n) is 4.90. The molecule has 3 N–H and O–H groups in total. The second kappa shape index (κ2) is 6.47. The first-order valence-corrected chi connectivity index (χ1v) is 6.36. The fraction of sp³-hybridized carbons (Fsp3) is 0.833. The molecule has 1 amide bonds. The van der Waals surface area contributed by atoms with Crippen LogP contribution in [0.2, 0.25) is 0 Å². The van der Waals surface area contributed by atoms with Gasteiger partial charge in [-0.05, 0) is 25.2 Å². The van der Waals surface area contributed by atoms with Crippen molar-refractivity contribution in [2.24, 2.45) is 22.7 Å². The number of hydrogen-bond acceptors (Lipinski definition) is 3. The van der Waals surface area contributed by atoms with Gasteiger partial charge in [0.05, 0.1) is 5.92 Å². The maximum atomic E-state index is 12.3. The SMILES string of the molecule is CCCC(C(=O)N1CCCC(C)C1)C(N)=NO. The first-order valence-electron chi connectivity index (χ1n) is 6.36. The molecule has 98 valence electrons. The van der Waals surface area contributed by atoms with E-state index in [2.05, 4.69) is 12.1 Å². The number of amidine groups is 1. The number of likely N-dealkylation sites (tertiary alicyclic amines) is 1. The Morgan fingerprint density at radius 1 is 1.65 bits per heavy atom. The van der Waals surface area contributed by atoms with Crippen molar-refractivity contribution < 1.29 is 10.0 Å².